The topological polar surface area (TPSA) is 116 Å². The van der Waals surface area contributed by atoms with Gasteiger partial charge in [0, 0.05) is 11.8 Å². The van der Waals surface area contributed by atoms with Crippen LogP contribution >= 0.6 is 0 Å². The summed E-state index contributed by atoms with van der Waals surface area (Å²) < 4.78 is 20.3. The molecule has 0 aliphatic carbocycles. The lowest BCUT2D eigenvalue weighted by Crippen LogP contribution is -2.35. The van der Waals surface area contributed by atoms with Crippen molar-refractivity contribution >= 4 is 23.5 Å². The van der Waals surface area contributed by atoms with Crippen LogP contribution in [0.5, 0.6) is 11.5 Å². The van der Waals surface area contributed by atoms with Gasteiger partial charge in [-0.25, -0.2) is 0 Å². The van der Waals surface area contributed by atoms with E-state index in [-0.39, 0.29) is 19.1 Å². The number of benzene rings is 1. The van der Waals surface area contributed by atoms with Gasteiger partial charge in [-0.3, -0.25) is 14.4 Å². The second kappa shape index (κ2) is 7.60. The second-order valence-corrected chi connectivity index (χ2v) is 5.35. The maximum absolute atomic E-state index is 12.1. The predicted molar refractivity (Wildman–Crippen MR) is 87.8 cm³/mol. The van der Waals surface area contributed by atoms with E-state index in [2.05, 4.69) is 10.6 Å². The number of hydrogen-bond acceptors (Lipinski definition) is 7. The van der Waals surface area contributed by atoms with Gasteiger partial charge in [0.1, 0.15) is 6.54 Å². The summed E-state index contributed by atoms with van der Waals surface area (Å²) in [6, 6.07) is 7.93. The molecule has 1 aliphatic rings. The first-order valence-corrected chi connectivity index (χ1v) is 7.74. The molecule has 2 aromatic rings. The molecule has 136 valence electrons. The molecule has 0 spiro atoms. The molecule has 2 heterocycles. The molecule has 0 bridgehead atoms. The Morgan fingerprint density at radius 1 is 1.19 bits per heavy atom. The molecule has 0 fully saturated rings. The maximum atomic E-state index is 12.1. The summed E-state index contributed by atoms with van der Waals surface area (Å²) in [5.74, 6) is -0.633. The van der Waals surface area contributed by atoms with Gasteiger partial charge in [-0.05, 0) is 31.2 Å². The molecule has 0 saturated heterocycles. The molecule has 1 aromatic carbocycles. The van der Waals surface area contributed by atoms with Gasteiger partial charge in [-0.15, -0.1) is 0 Å². The van der Waals surface area contributed by atoms with Crippen LogP contribution in [-0.4, -0.2) is 37.2 Å². The number of esters is 1. The van der Waals surface area contributed by atoms with Crippen molar-refractivity contribution < 1.29 is 33.0 Å². The fourth-order valence-electron chi connectivity index (χ4n) is 2.16. The standard InChI is InChI=1S/C17H16N2O7/c1-10(26-15(20)8-18-17(22)13-3-2-6-23-13)16(21)19-11-4-5-12-14(7-11)25-9-24-12/h2-7,10H,8-9H2,1H3,(H,18,22)(H,19,21)/t10-/m1/s1. The Morgan fingerprint density at radius 3 is 2.77 bits per heavy atom. The normalized spacial score (nSPS) is 13.0. The molecule has 2 N–H and O–H groups in total. The van der Waals surface area contributed by atoms with E-state index < -0.39 is 23.9 Å². The van der Waals surface area contributed by atoms with Crippen LogP contribution in [0.15, 0.2) is 41.0 Å². The minimum absolute atomic E-state index is 0.0754. The molecule has 1 atom stereocenters. The van der Waals surface area contributed by atoms with Crippen LogP contribution in [0.25, 0.3) is 0 Å². The van der Waals surface area contributed by atoms with Crippen molar-refractivity contribution in [1.82, 2.24) is 5.32 Å². The molecule has 9 heteroatoms. The number of rotatable bonds is 6. The van der Waals surface area contributed by atoms with E-state index in [1.807, 2.05) is 0 Å². The van der Waals surface area contributed by atoms with Crippen LogP contribution in [0, 0.1) is 0 Å². The first-order valence-electron chi connectivity index (χ1n) is 7.74. The van der Waals surface area contributed by atoms with Crippen molar-refractivity contribution in [3.63, 3.8) is 0 Å². The van der Waals surface area contributed by atoms with E-state index in [1.54, 1.807) is 24.3 Å². The third-order valence-electron chi connectivity index (χ3n) is 3.46. The van der Waals surface area contributed by atoms with Crippen molar-refractivity contribution in [3.8, 4) is 11.5 Å². The summed E-state index contributed by atoms with van der Waals surface area (Å²) in [5, 5.41) is 4.95. The molecule has 0 radical (unpaired) electrons. The number of nitrogens with one attached hydrogen (secondary N) is 2. The highest BCUT2D eigenvalue weighted by molar-refractivity contribution is 5.96. The minimum Gasteiger partial charge on any atom is -0.459 e. The molecule has 0 saturated carbocycles. The Bertz CT molecular complexity index is 817. The highest BCUT2D eigenvalue weighted by atomic mass is 16.7. The van der Waals surface area contributed by atoms with E-state index >= 15 is 0 Å². The Balaban J connectivity index is 1.46. The lowest BCUT2D eigenvalue weighted by atomic mass is 10.2. The Labute approximate surface area is 148 Å². The summed E-state index contributed by atoms with van der Waals surface area (Å²) in [6.45, 7) is 1.17. The van der Waals surface area contributed by atoms with Crippen LogP contribution < -0.4 is 20.1 Å². The zero-order chi connectivity index (χ0) is 18.5. The van der Waals surface area contributed by atoms with Gasteiger partial charge in [0.15, 0.2) is 23.4 Å². The monoisotopic (exact) mass is 360 g/mol. The zero-order valence-corrected chi connectivity index (χ0v) is 13.8. The first-order chi connectivity index (χ1) is 12.5. The van der Waals surface area contributed by atoms with Crippen molar-refractivity contribution in [2.24, 2.45) is 0 Å². The third kappa shape index (κ3) is 4.12. The van der Waals surface area contributed by atoms with Gasteiger partial charge in [0.25, 0.3) is 11.8 Å². The van der Waals surface area contributed by atoms with E-state index in [9.17, 15) is 14.4 Å². The van der Waals surface area contributed by atoms with Crippen molar-refractivity contribution in [2.75, 3.05) is 18.7 Å². The van der Waals surface area contributed by atoms with Gasteiger partial charge in [0.2, 0.25) is 6.79 Å². The molecule has 9 nitrogen and oxygen atoms in total. The lowest BCUT2D eigenvalue weighted by molar-refractivity contribution is -0.152. The number of furan rings is 1. The number of carbonyl (C=O) groups excluding carboxylic acids is 3. The van der Waals surface area contributed by atoms with Crippen LogP contribution in [0.3, 0.4) is 0 Å². The van der Waals surface area contributed by atoms with Crippen LogP contribution in [0.1, 0.15) is 17.5 Å². The van der Waals surface area contributed by atoms with Gasteiger partial charge in [-0.1, -0.05) is 0 Å². The average Bonchev–Trinajstić information content (AvgIpc) is 3.30. The molecule has 26 heavy (non-hydrogen) atoms. The van der Waals surface area contributed by atoms with E-state index in [0.717, 1.165) is 0 Å². The number of carbonyl (C=O) groups is 3. The van der Waals surface area contributed by atoms with Crippen molar-refractivity contribution in [2.45, 2.75) is 13.0 Å². The van der Waals surface area contributed by atoms with Crippen LogP contribution in [0.2, 0.25) is 0 Å². The quantitative estimate of drug-likeness (QED) is 0.746. The van der Waals surface area contributed by atoms with Crippen molar-refractivity contribution in [1.29, 1.82) is 0 Å². The minimum atomic E-state index is -1.05. The smallest absolute Gasteiger partial charge is 0.326 e. The molecular weight excluding hydrogens is 344 g/mol. The number of fused-ring (bicyclic) bond motifs is 1. The molecule has 1 aromatic heterocycles. The van der Waals surface area contributed by atoms with Gasteiger partial charge < -0.3 is 29.3 Å². The van der Waals surface area contributed by atoms with E-state index in [4.69, 9.17) is 18.6 Å². The highest BCUT2D eigenvalue weighted by Crippen LogP contribution is 2.34. The van der Waals surface area contributed by atoms with Crippen LogP contribution in [-0.2, 0) is 14.3 Å². The molecule has 0 unspecified atom stereocenters. The maximum Gasteiger partial charge on any atom is 0.326 e. The predicted octanol–water partition coefficient (Wildman–Crippen LogP) is 1.31. The summed E-state index contributed by atoms with van der Waals surface area (Å²) in [6.07, 6.45) is 0.295. The third-order valence-corrected chi connectivity index (χ3v) is 3.46. The zero-order valence-electron chi connectivity index (χ0n) is 13.8. The fraction of sp³-hybridized carbons (Fsp3) is 0.235. The second-order valence-electron chi connectivity index (χ2n) is 5.35. The summed E-state index contributed by atoms with van der Waals surface area (Å²) in [4.78, 5) is 35.5. The number of anilines is 1. The summed E-state index contributed by atoms with van der Waals surface area (Å²) in [5.41, 5.74) is 0.480. The largest absolute Gasteiger partial charge is 0.459 e. The van der Waals surface area contributed by atoms with Gasteiger partial charge in [0.05, 0.1) is 6.26 Å². The SMILES string of the molecule is C[C@@H](OC(=O)CNC(=O)c1ccco1)C(=O)Nc1ccc2c(c1)OCO2. The Hall–Kier alpha value is -3.49. The lowest BCUT2D eigenvalue weighted by Gasteiger charge is -2.14. The first kappa shape index (κ1) is 17.3. The van der Waals surface area contributed by atoms with Gasteiger partial charge in [-0.2, -0.15) is 0 Å². The van der Waals surface area contributed by atoms with E-state index in [1.165, 1.54) is 19.3 Å². The molecule has 3 rings (SSSR count). The van der Waals surface area contributed by atoms with Crippen LogP contribution in [0.4, 0.5) is 5.69 Å². The average molecular weight is 360 g/mol. The number of ether oxygens (including phenoxy) is 3. The summed E-state index contributed by atoms with van der Waals surface area (Å²) >= 11 is 0. The molecular formula is C17H16N2O7. The highest BCUT2D eigenvalue weighted by Gasteiger charge is 2.20. The van der Waals surface area contributed by atoms with Crippen molar-refractivity contribution in [3.05, 3.63) is 42.4 Å². The fourth-order valence-corrected chi connectivity index (χ4v) is 2.16. The molecule has 2 amide bonds. The van der Waals surface area contributed by atoms with Gasteiger partial charge >= 0.3 is 5.97 Å². The number of hydrogen-bond donors (Lipinski definition) is 2. The van der Waals surface area contributed by atoms with E-state index in [0.29, 0.717) is 17.2 Å². The number of amides is 2. The summed E-state index contributed by atoms with van der Waals surface area (Å²) in [7, 11) is 0. The molecule has 1 aliphatic heterocycles. The Kier molecular flexibility index (Phi) is 5.07. The Morgan fingerprint density at radius 2 is 2.00 bits per heavy atom.